The first kappa shape index (κ1) is 13.2. The Morgan fingerprint density at radius 1 is 1.15 bits per heavy atom. The highest BCUT2D eigenvalue weighted by atomic mass is 32.2. The molecule has 76 valence electrons. The van der Waals surface area contributed by atoms with E-state index >= 15 is 0 Å². The highest BCUT2D eigenvalue weighted by molar-refractivity contribution is 8.03. The molecule has 0 fully saturated rings. The van der Waals surface area contributed by atoms with Gasteiger partial charge in [-0.1, -0.05) is 19.1 Å². The maximum Gasteiger partial charge on any atom is 0.0109 e. The van der Waals surface area contributed by atoms with Crippen LogP contribution in [0.1, 0.15) is 19.8 Å². The van der Waals surface area contributed by atoms with Crippen LogP contribution >= 0.6 is 23.5 Å². The zero-order valence-electron chi connectivity index (χ0n) is 8.50. The topological polar surface area (TPSA) is 0 Å². The van der Waals surface area contributed by atoms with Crippen molar-refractivity contribution in [2.45, 2.75) is 25.0 Å². The van der Waals surface area contributed by atoms with Gasteiger partial charge in [0.25, 0.3) is 0 Å². The second kappa shape index (κ2) is 10.3. The third-order valence-corrected chi connectivity index (χ3v) is 4.22. The van der Waals surface area contributed by atoms with Gasteiger partial charge < -0.3 is 0 Å². The summed E-state index contributed by atoms with van der Waals surface area (Å²) in [6, 6.07) is 0. The van der Waals surface area contributed by atoms with Crippen LogP contribution in [0.4, 0.5) is 0 Å². The van der Waals surface area contributed by atoms with E-state index in [4.69, 9.17) is 0 Å². The summed E-state index contributed by atoms with van der Waals surface area (Å²) in [5.41, 5.74) is 0. The van der Waals surface area contributed by atoms with Crippen LogP contribution in [0.25, 0.3) is 0 Å². The van der Waals surface area contributed by atoms with Gasteiger partial charge in [0.2, 0.25) is 0 Å². The molecule has 0 aliphatic heterocycles. The Morgan fingerprint density at radius 3 is 2.38 bits per heavy atom. The fourth-order valence-electron chi connectivity index (χ4n) is 0.817. The molecule has 1 atom stereocenters. The fourth-order valence-corrected chi connectivity index (χ4v) is 3.03. The zero-order chi connectivity index (χ0) is 9.94. The quantitative estimate of drug-likeness (QED) is 0.422. The predicted octanol–water partition coefficient (Wildman–Crippen LogP) is 3.99. The Hall–Kier alpha value is 0.180. The summed E-state index contributed by atoms with van der Waals surface area (Å²) in [6.45, 7) is 9.72. The Bertz CT molecular complexity index is 132. The molecular formula is C11H20S2. The van der Waals surface area contributed by atoms with Crippen LogP contribution in [0.3, 0.4) is 0 Å². The molecule has 13 heavy (non-hydrogen) atoms. The van der Waals surface area contributed by atoms with Gasteiger partial charge in [0, 0.05) is 11.0 Å². The van der Waals surface area contributed by atoms with Crippen LogP contribution in [0.15, 0.2) is 25.3 Å². The SMILES string of the molecule is C=CCCSCC(C)SCCC=C. The molecule has 0 N–H and O–H groups in total. The highest BCUT2D eigenvalue weighted by Crippen LogP contribution is 2.17. The third kappa shape index (κ3) is 10.1. The van der Waals surface area contributed by atoms with Gasteiger partial charge in [-0.2, -0.15) is 23.5 Å². The van der Waals surface area contributed by atoms with Crippen LogP contribution in [-0.4, -0.2) is 22.5 Å². The van der Waals surface area contributed by atoms with E-state index in [9.17, 15) is 0 Å². The van der Waals surface area contributed by atoms with E-state index in [0.29, 0.717) is 0 Å². The van der Waals surface area contributed by atoms with E-state index < -0.39 is 0 Å². The first-order valence-corrected chi connectivity index (χ1v) is 6.92. The van der Waals surface area contributed by atoms with E-state index in [2.05, 4.69) is 20.1 Å². The Morgan fingerprint density at radius 2 is 1.77 bits per heavy atom. The molecule has 1 unspecified atom stereocenters. The van der Waals surface area contributed by atoms with Crippen molar-refractivity contribution in [3.63, 3.8) is 0 Å². The number of hydrogen-bond acceptors (Lipinski definition) is 2. The zero-order valence-corrected chi connectivity index (χ0v) is 10.1. The van der Waals surface area contributed by atoms with E-state index in [-0.39, 0.29) is 0 Å². The minimum Gasteiger partial charge on any atom is -0.161 e. The lowest BCUT2D eigenvalue weighted by molar-refractivity contribution is 1.11. The van der Waals surface area contributed by atoms with Gasteiger partial charge in [-0.05, 0) is 24.3 Å². The lowest BCUT2D eigenvalue weighted by atomic mass is 10.5. The van der Waals surface area contributed by atoms with Crippen molar-refractivity contribution in [3.8, 4) is 0 Å². The molecule has 0 rings (SSSR count). The van der Waals surface area contributed by atoms with Crippen molar-refractivity contribution in [2.24, 2.45) is 0 Å². The van der Waals surface area contributed by atoms with Crippen molar-refractivity contribution in [1.29, 1.82) is 0 Å². The standard InChI is InChI=1S/C11H20S2/c1-4-6-8-12-10-11(3)13-9-7-5-2/h4-5,11H,1-2,6-10H2,3H3. The number of rotatable bonds is 9. The summed E-state index contributed by atoms with van der Waals surface area (Å²) in [5.74, 6) is 3.69. The summed E-state index contributed by atoms with van der Waals surface area (Å²) >= 11 is 4.07. The molecule has 0 amide bonds. The van der Waals surface area contributed by atoms with Crippen LogP contribution in [0.2, 0.25) is 0 Å². The monoisotopic (exact) mass is 216 g/mol. The van der Waals surface area contributed by atoms with Crippen LogP contribution in [0.5, 0.6) is 0 Å². The van der Waals surface area contributed by atoms with E-state index in [1.807, 2.05) is 35.7 Å². The molecule has 0 saturated heterocycles. The molecule has 0 aliphatic rings. The number of allylic oxidation sites excluding steroid dienone is 2. The average Bonchev–Trinajstić information content (AvgIpc) is 2.13. The first-order valence-electron chi connectivity index (χ1n) is 4.72. The van der Waals surface area contributed by atoms with Gasteiger partial charge in [-0.15, -0.1) is 13.2 Å². The smallest absolute Gasteiger partial charge is 0.0109 e. The molecule has 0 aromatic heterocycles. The minimum atomic E-state index is 0.773. The molecule has 0 aliphatic carbocycles. The maximum atomic E-state index is 3.71. The lowest BCUT2D eigenvalue weighted by Crippen LogP contribution is -2.01. The summed E-state index contributed by atoms with van der Waals surface area (Å²) < 4.78 is 0. The molecule has 0 spiro atoms. The predicted molar refractivity (Wildman–Crippen MR) is 68.9 cm³/mol. The molecule has 2 heteroatoms. The second-order valence-corrected chi connectivity index (χ2v) is 5.61. The normalized spacial score (nSPS) is 12.4. The van der Waals surface area contributed by atoms with Crippen molar-refractivity contribution in [3.05, 3.63) is 25.3 Å². The largest absolute Gasteiger partial charge is 0.161 e. The molecule has 0 aromatic rings. The summed E-state index contributed by atoms with van der Waals surface area (Å²) in [6.07, 6.45) is 6.24. The van der Waals surface area contributed by atoms with Crippen LogP contribution < -0.4 is 0 Å². The van der Waals surface area contributed by atoms with E-state index in [0.717, 1.165) is 18.1 Å². The Balaban J connectivity index is 3.14. The molecule has 0 saturated carbocycles. The first-order chi connectivity index (χ1) is 6.31. The fraction of sp³-hybridized carbons (Fsp3) is 0.636. The molecule has 0 bridgehead atoms. The van der Waals surface area contributed by atoms with E-state index in [1.165, 1.54) is 17.3 Å². The van der Waals surface area contributed by atoms with Crippen molar-refractivity contribution in [1.82, 2.24) is 0 Å². The Kier molecular flexibility index (Phi) is 10.4. The molecule has 0 heterocycles. The minimum absolute atomic E-state index is 0.773. The summed E-state index contributed by atoms with van der Waals surface area (Å²) in [5, 5.41) is 0.773. The lowest BCUT2D eigenvalue weighted by Gasteiger charge is -2.09. The molecule has 0 nitrogen and oxygen atoms in total. The van der Waals surface area contributed by atoms with Gasteiger partial charge in [0.05, 0.1) is 0 Å². The number of thioether (sulfide) groups is 2. The molecule has 0 aromatic carbocycles. The summed E-state index contributed by atoms with van der Waals surface area (Å²) in [7, 11) is 0. The third-order valence-electron chi connectivity index (χ3n) is 1.54. The van der Waals surface area contributed by atoms with Gasteiger partial charge in [0.15, 0.2) is 0 Å². The van der Waals surface area contributed by atoms with Gasteiger partial charge >= 0.3 is 0 Å². The number of hydrogen-bond donors (Lipinski definition) is 0. The maximum absolute atomic E-state index is 3.71. The second-order valence-electron chi connectivity index (χ2n) is 2.91. The van der Waals surface area contributed by atoms with Crippen LogP contribution in [0, 0.1) is 0 Å². The average molecular weight is 216 g/mol. The van der Waals surface area contributed by atoms with Crippen molar-refractivity contribution >= 4 is 23.5 Å². The summed E-state index contributed by atoms with van der Waals surface area (Å²) in [4.78, 5) is 0. The van der Waals surface area contributed by atoms with Crippen LogP contribution in [-0.2, 0) is 0 Å². The van der Waals surface area contributed by atoms with E-state index in [1.54, 1.807) is 0 Å². The van der Waals surface area contributed by atoms with Gasteiger partial charge in [-0.25, -0.2) is 0 Å². The van der Waals surface area contributed by atoms with Crippen molar-refractivity contribution < 1.29 is 0 Å². The van der Waals surface area contributed by atoms with Crippen molar-refractivity contribution in [2.75, 3.05) is 17.3 Å². The molecular weight excluding hydrogens is 196 g/mol. The highest BCUT2D eigenvalue weighted by Gasteiger charge is 2.00. The Labute approximate surface area is 91.3 Å². The van der Waals surface area contributed by atoms with Gasteiger partial charge in [0.1, 0.15) is 0 Å². The molecule has 0 radical (unpaired) electrons. The van der Waals surface area contributed by atoms with Gasteiger partial charge in [-0.3, -0.25) is 0 Å².